The maximum atomic E-state index is 9.89. The highest BCUT2D eigenvalue weighted by atomic mass is 16.3. The second-order valence-electron chi connectivity index (χ2n) is 7.17. The van der Waals surface area contributed by atoms with Crippen LogP contribution in [0.5, 0.6) is 5.75 Å². The predicted octanol–water partition coefficient (Wildman–Crippen LogP) is 3.71. The van der Waals surface area contributed by atoms with Gasteiger partial charge in [0, 0.05) is 18.2 Å². The molecule has 1 aromatic carbocycles. The van der Waals surface area contributed by atoms with Crippen molar-refractivity contribution in [2.75, 3.05) is 6.54 Å². The first-order valence-electron chi connectivity index (χ1n) is 8.15. The number of nitrogens with zero attached hydrogens (tertiary/aromatic N) is 1. The third-order valence-corrected chi connectivity index (χ3v) is 6.07. The molecule has 3 heteroatoms. The Kier molecular flexibility index (Phi) is 3.08. The third kappa shape index (κ3) is 1.99. The smallest absolute Gasteiger partial charge is 0.115 e. The van der Waals surface area contributed by atoms with Gasteiger partial charge in [-0.05, 0) is 60.0 Å². The molecule has 1 aromatic heterocycles. The summed E-state index contributed by atoms with van der Waals surface area (Å²) in [5.41, 5.74) is 4.19. The lowest BCUT2D eigenvalue weighted by atomic mass is 9.59. The molecule has 3 atom stereocenters. The number of fused-ring (bicyclic) bond motifs is 4. The van der Waals surface area contributed by atoms with Gasteiger partial charge in [-0.3, -0.25) is 4.90 Å². The summed E-state index contributed by atoms with van der Waals surface area (Å²) in [5, 5.41) is 9.89. The second-order valence-corrected chi connectivity index (χ2v) is 7.17. The fraction of sp³-hybridized carbons (Fsp3) is 0.474. The third-order valence-electron chi connectivity index (χ3n) is 6.07. The van der Waals surface area contributed by atoms with Gasteiger partial charge in [0.25, 0.3) is 0 Å². The normalized spacial score (nSPS) is 31.0. The van der Waals surface area contributed by atoms with Crippen LogP contribution < -0.4 is 0 Å². The maximum Gasteiger partial charge on any atom is 0.115 e. The summed E-state index contributed by atoms with van der Waals surface area (Å²) >= 11 is 0. The molecule has 1 saturated heterocycles. The van der Waals surface area contributed by atoms with Gasteiger partial charge in [0.2, 0.25) is 0 Å². The maximum absolute atomic E-state index is 9.89. The summed E-state index contributed by atoms with van der Waals surface area (Å²) in [5.74, 6) is 0.980. The SMILES string of the molecule is CC1[C@H]2Cc3ccc(O)cc3C1(C)CCN2Cc1ccoc1. The zero-order valence-electron chi connectivity index (χ0n) is 13.2. The van der Waals surface area contributed by atoms with Gasteiger partial charge >= 0.3 is 0 Å². The van der Waals surface area contributed by atoms with Gasteiger partial charge < -0.3 is 9.52 Å². The van der Waals surface area contributed by atoms with Crippen LogP contribution in [0.1, 0.15) is 37.0 Å². The monoisotopic (exact) mass is 297 g/mol. The molecular weight excluding hydrogens is 274 g/mol. The van der Waals surface area contributed by atoms with Gasteiger partial charge in [0.1, 0.15) is 5.75 Å². The molecule has 2 aromatic rings. The molecule has 1 N–H and O–H groups in total. The standard InChI is InChI=1S/C19H23NO2/c1-13-18-9-15-3-4-16(21)10-17(15)19(13,2)6-7-20(18)11-14-5-8-22-12-14/h3-5,8,10,12-13,18,21H,6-7,9,11H2,1-2H3/t13?,18-,19?/m1/s1. The number of piperidine rings is 1. The van der Waals surface area contributed by atoms with Crippen molar-refractivity contribution < 1.29 is 9.52 Å². The Morgan fingerprint density at radius 2 is 2.23 bits per heavy atom. The summed E-state index contributed by atoms with van der Waals surface area (Å²) in [4.78, 5) is 2.60. The van der Waals surface area contributed by atoms with Crippen LogP contribution in [0.3, 0.4) is 0 Å². The average molecular weight is 297 g/mol. The van der Waals surface area contributed by atoms with E-state index < -0.39 is 0 Å². The Morgan fingerprint density at radius 3 is 3.00 bits per heavy atom. The highest BCUT2D eigenvalue weighted by Gasteiger charge is 2.48. The lowest BCUT2D eigenvalue weighted by Crippen LogP contribution is -2.57. The van der Waals surface area contributed by atoms with E-state index in [0.717, 1.165) is 25.9 Å². The van der Waals surface area contributed by atoms with Crippen molar-refractivity contribution in [1.29, 1.82) is 0 Å². The molecule has 2 heterocycles. The molecule has 2 unspecified atom stereocenters. The van der Waals surface area contributed by atoms with Gasteiger partial charge in [0.15, 0.2) is 0 Å². The summed E-state index contributed by atoms with van der Waals surface area (Å²) in [7, 11) is 0. The van der Waals surface area contributed by atoms with E-state index in [-0.39, 0.29) is 5.41 Å². The quantitative estimate of drug-likeness (QED) is 0.918. The van der Waals surface area contributed by atoms with Gasteiger partial charge in [-0.2, -0.15) is 0 Å². The summed E-state index contributed by atoms with van der Waals surface area (Å²) in [6, 6.07) is 8.56. The molecule has 22 heavy (non-hydrogen) atoms. The first kappa shape index (κ1) is 13.9. The van der Waals surface area contributed by atoms with Crippen molar-refractivity contribution >= 4 is 0 Å². The second kappa shape index (κ2) is 4.88. The van der Waals surface area contributed by atoms with E-state index in [2.05, 4.69) is 30.9 Å². The number of benzene rings is 1. The first-order valence-corrected chi connectivity index (χ1v) is 8.15. The molecule has 1 fully saturated rings. The van der Waals surface area contributed by atoms with Gasteiger partial charge in [-0.15, -0.1) is 0 Å². The van der Waals surface area contributed by atoms with Crippen LogP contribution in [0.25, 0.3) is 0 Å². The lowest BCUT2D eigenvalue weighted by molar-refractivity contribution is 0.0257. The van der Waals surface area contributed by atoms with E-state index >= 15 is 0 Å². The van der Waals surface area contributed by atoms with E-state index in [1.165, 1.54) is 16.7 Å². The minimum Gasteiger partial charge on any atom is -0.508 e. The highest BCUT2D eigenvalue weighted by Crippen LogP contribution is 2.49. The largest absolute Gasteiger partial charge is 0.508 e. The van der Waals surface area contributed by atoms with Crippen LogP contribution in [0.2, 0.25) is 0 Å². The predicted molar refractivity (Wildman–Crippen MR) is 85.8 cm³/mol. The van der Waals surface area contributed by atoms with E-state index in [9.17, 15) is 5.11 Å². The number of rotatable bonds is 2. The zero-order valence-corrected chi connectivity index (χ0v) is 13.2. The molecule has 4 rings (SSSR count). The Balaban J connectivity index is 1.69. The zero-order chi connectivity index (χ0) is 15.3. The highest BCUT2D eigenvalue weighted by molar-refractivity contribution is 5.44. The topological polar surface area (TPSA) is 36.6 Å². The van der Waals surface area contributed by atoms with Crippen molar-refractivity contribution in [1.82, 2.24) is 4.90 Å². The molecule has 1 aliphatic heterocycles. The minimum absolute atomic E-state index is 0.171. The average Bonchev–Trinajstić information content (AvgIpc) is 3.00. The molecule has 0 saturated carbocycles. The van der Waals surface area contributed by atoms with Gasteiger partial charge in [-0.25, -0.2) is 0 Å². The summed E-state index contributed by atoms with van der Waals surface area (Å²) in [6.45, 7) is 6.82. The molecule has 0 amide bonds. The molecule has 2 aliphatic rings. The lowest BCUT2D eigenvalue weighted by Gasteiger charge is -2.54. The molecular formula is C19H23NO2. The molecule has 0 radical (unpaired) electrons. The fourth-order valence-corrected chi connectivity index (χ4v) is 4.51. The van der Waals surface area contributed by atoms with Gasteiger partial charge in [0.05, 0.1) is 12.5 Å². The molecule has 116 valence electrons. The van der Waals surface area contributed by atoms with E-state index in [1.807, 2.05) is 18.4 Å². The number of aromatic hydroxyl groups is 1. The Hall–Kier alpha value is -1.74. The van der Waals surface area contributed by atoms with Crippen molar-refractivity contribution in [3.63, 3.8) is 0 Å². The van der Waals surface area contributed by atoms with Crippen LogP contribution in [0.15, 0.2) is 41.2 Å². The van der Waals surface area contributed by atoms with Crippen LogP contribution in [0, 0.1) is 5.92 Å². The summed E-state index contributed by atoms with van der Waals surface area (Å²) in [6.07, 6.45) is 5.82. The number of phenolic OH excluding ortho intramolecular Hbond substituents is 1. The molecule has 2 bridgehead atoms. The fourth-order valence-electron chi connectivity index (χ4n) is 4.51. The Labute approximate surface area is 131 Å². The molecule has 0 spiro atoms. The van der Waals surface area contributed by atoms with Crippen molar-refractivity contribution in [3.8, 4) is 5.75 Å². The van der Waals surface area contributed by atoms with Crippen LogP contribution in [0.4, 0.5) is 0 Å². The number of hydrogen-bond acceptors (Lipinski definition) is 3. The van der Waals surface area contributed by atoms with E-state index in [4.69, 9.17) is 4.42 Å². The summed E-state index contributed by atoms with van der Waals surface area (Å²) < 4.78 is 5.22. The van der Waals surface area contributed by atoms with Gasteiger partial charge in [-0.1, -0.05) is 19.9 Å². The van der Waals surface area contributed by atoms with E-state index in [0.29, 0.717) is 17.7 Å². The number of phenols is 1. The Bertz CT molecular complexity index is 679. The van der Waals surface area contributed by atoms with Crippen LogP contribution >= 0.6 is 0 Å². The van der Waals surface area contributed by atoms with Crippen LogP contribution in [-0.4, -0.2) is 22.6 Å². The van der Waals surface area contributed by atoms with Crippen molar-refractivity contribution in [2.45, 2.75) is 44.7 Å². The first-order chi connectivity index (χ1) is 10.6. The molecule has 1 aliphatic carbocycles. The number of furan rings is 1. The number of likely N-dealkylation sites (tertiary alicyclic amines) is 1. The molecule has 3 nitrogen and oxygen atoms in total. The van der Waals surface area contributed by atoms with E-state index in [1.54, 1.807) is 6.26 Å². The van der Waals surface area contributed by atoms with Crippen LogP contribution in [-0.2, 0) is 18.4 Å². The van der Waals surface area contributed by atoms with Crippen molar-refractivity contribution in [3.05, 3.63) is 53.5 Å². The minimum atomic E-state index is 0.171. The Morgan fingerprint density at radius 1 is 1.36 bits per heavy atom. The number of hydrogen-bond donors (Lipinski definition) is 1. The van der Waals surface area contributed by atoms with Crippen molar-refractivity contribution in [2.24, 2.45) is 5.92 Å².